The molecule has 0 bridgehead atoms. The van der Waals surface area contributed by atoms with Gasteiger partial charge in [0.2, 0.25) is 0 Å². The number of urea groups is 1. The lowest BCUT2D eigenvalue weighted by Crippen LogP contribution is -2.57. The molecule has 0 aromatic heterocycles. The van der Waals surface area contributed by atoms with Crippen LogP contribution in [-0.4, -0.2) is 65.4 Å². The Labute approximate surface area is 116 Å². The van der Waals surface area contributed by atoms with E-state index in [1.54, 1.807) is 11.8 Å². The molecule has 2 fully saturated rings. The third-order valence-electron chi connectivity index (χ3n) is 3.93. The van der Waals surface area contributed by atoms with Crippen molar-refractivity contribution in [3.05, 3.63) is 0 Å². The predicted molar refractivity (Wildman–Crippen MR) is 72.4 cm³/mol. The largest absolute Gasteiger partial charge is 0.480 e. The Balaban J connectivity index is 1.89. The maximum absolute atomic E-state index is 12.1. The zero-order valence-electron chi connectivity index (χ0n) is 11.1. The zero-order chi connectivity index (χ0) is 13.9. The number of morpholine rings is 1. The number of carbonyl (C=O) groups excluding carboxylic acids is 1. The number of carboxylic acid groups (broad SMARTS) is 1. The summed E-state index contributed by atoms with van der Waals surface area (Å²) in [6.07, 6.45) is 5.48. The first-order chi connectivity index (χ1) is 9.08. The van der Waals surface area contributed by atoms with Crippen LogP contribution < -0.4 is 5.32 Å². The highest BCUT2D eigenvalue weighted by Gasteiger charge is 2.38. The van der Waals surface area contributed by atoms with Crippen molar-refractivity contribution in [2.45, 2.75) is 30.1 Å². The number of nitrogens with one attached hydrogen (secondary N) is 1. The molecule has 0 aromatic rings. The molecule has 2 amide bonds. The van der Waals surface area contributed by atoms with E-state index in [9.17, 15) is 9.59 Å². The highest BCUT2D eigenvalue weighted by atomic mass is 32.2. The average molecular weight is 288 g/mol. The molecule has 0 spiro atoms. The normalized spacial score (nSPS) is 25.5. The lowest BCUT2D eigenvalue weighted by atomic mass is 9.84. The van der Waals surface area contributed by atoms with Crippen molar-refractivity contribution in [2.75, 3.05) is 32.6 Å². The molecule has 1 saturated carbocycles. The maximum atomic E-state index is 12.1. The van der Waals surface area contributed by atoms with Gasteiger partial charge in [0.25, 0.3) is 0 Å². The molecule has 0 radical (unpaired) electrons. The van der Waals surface area contributed by atoms with Crippen LogP contribution in [0.5, 0.6) is 0 Å². The number of hydrogen-bond acceptors (Lipinski definition) is 4. The molecule has 2 aliphatic rings. The number of aliphatic carboxylic acids is 1. The van der Waals surface area contributed by atoms with Crippen LogP contribution in [0.4, 0.5) is 4.79 Å². The molecule has 19 heavy (non-hydrogen) atoms. The Kier molecular flexibility index (Phi) is 4.57. The molecule has 6 nitrogen and oxygen atoms in total. The summed E-state index contributed by atoms with van der Waals surface area (Å²) in [4.78, 5) is 24.6. The highest BCUT2D eigenvalue weighted by Crippen LogP contribution is 2.42. The second-order valence-electron chi connectivity index (χ2n) is 5.02. The first-order valence-corrected chi connectivity index (χ1v) is 7.71. The molecule has 1 aliphatic carbocycles. The van der Waals surface area contributed by atoms with Gasteiger partial charge in [-0.25, -0.2) is 9.59 Å². The Morgan fingerprint density at radius 1 is 1.53 bits per heavy atom. The van der Waals surface area contributed by atoms with Gasteiger partial charge in [-0.1, -0.05) is 6.42 Å². The van der Waals surface area contributed by atoms with E-state index in [1.807, 2.05) is 0 Å². The fraction of sp³-hybridized carbons (Fsp3) is 0.833. The van der Waals surface area contributed by atoms with Crippen LogP contribution >= 0.6 is 11.8 Å². The van der Waals surface area contributed by atoms with Crippen molar-refractivity contribution in [1.82, 2.24) is 10.2 Å². The number of rotatable bonds is 4. The molecule has 0 aromatic carbocycles. The van der Waals surface area contributed by atoms with E-state index >= 15 is 0 Å². The van der Waals surface area contributed by atoms with E-state index in [4.69, 9.17) is 9.84 Å². The van der Waals surface area contributed by atoms with Gasteiger partial charge in [0.05, 0.1) is 13.2 Å². The molecule has 1 aliphatic heterocycles. The third-order valence-corrected chi connectivity index (χ3v) is 5.35. The van der Waals surface area contributed by atoms with Crippen molar-refractivity contribution in [2.24, 2.45) is 0 Å². The minimum absolute atomic E-state index is 0.0659. The van der Waals surface area contributed by atoms with Crippen LogP contribution in [0.3, 0.4) is 0 Å². The minimum atomic E-state index is -1.02. The Bertz CT molecular complexity index is 354. The van der Waals surface area contributed by atoms with Gasteiger partial charge in [0, 0.05) is 17.8 Å². The summed E-state index contributed by atoms with van der Waals surface area (Å²) >= 11 is 1.78. The van der Waals surface area contributed by atoms with E-state index in [0.717, 1.165) is 12.8 Å². The molecule has 7 heteroatoms. The average Bonchev–Trinajstić information content (AvgIpc) is 2.37. The minimum Gasteiger partial charge on any atom is -0.480 e. The first-order valence-electron chi connectivity index (χ1n) is 6.48. The smallest absolute Gasteiger partial charge is 0.328 e. The van der Waals surface area contributed by atoms with Gasteiger partial charge in [-0.05, 0) is 19.1 Å². The molecule has 2 rings (SSSR count). The topological polar surface area (TPSA) is 78.9 Å². The fourth-order valence-corrected chi connectivity index (χ4v) is 3.33. The highest BCUT2D eigenvalue weighted by molar-refractivity contribution is 8.00. The Morgan fingerprint density at radius 3 is 2.79 bits per heavy atom. The molecule has 2 N–H and O–H groups in total. The van der Waals surface area contributed by atoms with Gasteiger partial charge >= 0.3 is 12.0 Å². The number of carboxylic acids is 1. The molecule has 1 saturated heterocycles. The van der Waals surface area contributed by atoms with E-state index in [-0.39, 0.29) is 17.4 Å². The van der Waals surface area contributed by atoms with Gasteiger partial charge < -0.3 is 20.1 Å². The van der Waals surface area contributed by atoms with Gasteiger partial charge in [0.15, 0.2) is 6.04 Å². The van der Waals surface area contributed by atoms with E-state index in [2.05, 4.69) is 11.6 Å². The van der Waals surface area contributed by atoms with Gasteiger partial charge in [-0.2, -0.15) is 11.8 Å². The van der Waals surface area contributed by atoms with Crippen LogP contribution in [-0.2, 0) is 9.53 Å². The maximum Gasteiger partial charge on any atom is 0.328 e. The van der Waals surface area contributed by atoms with Crippen LogP contribution in [0.25, 0.3) is 0 Å². The standard InChI is InChI=1S/C12H20N2O4S/c1-19-12(3-2-4-12)8-13-11(17)14-5-6-18-7-9(14)10(15)16/h9H,2-8H2,1H3,(H,13,17)(H,15,16). The molecule has 108 valence electrons. The van der Waals surface area contributed by atoms with E-state index < -0.39 is 12.0 Å². The van der Waals surface area contributed by atoms with Gasteiger partial charge in [0.1, 0.15) is 0 Å². The second-order valence-corrected chi connectivity index (χ2v) is 6.30. The second kappa shape index (κ2) is 6.00. The summed E-state index contributed by atoms with van der Waals surface area (Å²) in [5.74, 6) is -1.02. The van der Waals surface area contributed by atoms with Crippen molar-refractivity contribution >= 4 is 23.8 Å². The van der Waals surface area contributed by atoms with Gasteiger partial charge in [-0.3, -0.25) is 0 Å². The lowest BCUT2D eigenvalue weighted by molar-refractivity contribution is -0.147. The summed E-state index contributed by atoms with van der Waals surface area (Å²) in [5.41, 5.74) is 0. The van der Waals surface area contributed by atoms with Crippen LogP contribution in [0.15, 0.2) is 0 Å². The Hall–Kier alpha value is -0.950. The number of nitrogens with zero attached hydrogens (tertiary/aromatic N) is 1. The zero-order valence-corrected chi connectivity index (χ0v) is 11.9. The van der Waals surface area contributed by atoms with Crippen LogP contribution in [0, 0.1) is 0 Å². The quantitative estimate of drug-likeness (QED) is 0.799. The number of thioether (sulfide) groups is 1. The van der Waals surface area contributed by atoms with Gasteiger partial charge in [-0.15, -0.1) is 0 Å². The summed E-state index contributed by atoms with van der Waals surface area (Å²) < 4.78 is 5.27. The van der Waals surface area contributed by atoms with E-state index in [1.165, 1.54) is 11.3 Å². The molecule has 1 unspecified atom stereocenters. The number of hydrogen-bond donors (Lipinski definition) is 2. The van der Waals surface area contributed by atoms with Crippen molar-refractivity contribution < 1.29 is 19.4 Å². The summed E-state index contributed by atoms with van der Waals surface area (Å²) in [6, 6.07) is -1.17. The molecular weight excluding hydrogens is 268 g/mol. The van der Waals surface area contributed by atoms with Crippen molar-refractivity contribution in [1.29, 1.82) is 0 Å². The summed E-state index contributed by atoms with van der Waals surface area (Å²) in [5, 5.41) is 12.0. The predicted octanol–water partition coefficient (Wildman–Crippen LogP) is 0.767. The van der Waals surface area contributed by atoms with Crippen molar-refractivity contribution in [3.8, 4) is 0 Å². The van der Waals surface area contributed by atoms with Crippen LogP contribution in [0.2, 0.25) is 0 Å². The van der Waals surface area contributed by atoms with E-state index in [0.29, 0.717) is 19.7 Å². The Morgan fingerprint density at radius 2 is 2.26 bits per heavy atom. The fourth-order valence-electron chi connectivity index (χ4n) is 2.41. The lowest BCUT2D eigenvalue weighted by Gasteiger charge is -2.41. The molecule has 1 heterocycles. The first kappa shape index (κ1) is 14.5. The number of carbonyl (C=O) groups is 2. The number of ether oxygens (including phenoxy) is 1. The number of amides is 2. The monoisotopic (exact) mass is 288 g/mol. The summed E-state index contributed by atoms with van der Waals surface area (Å²) in [7, 11) is 0. The molecular formula is C12H20N2O4S. The summed E-state index contributed by atoms with van der Waals surface area (Å²) in [6.45, 7) is 1.40. The van der Waals surface area contributed by atoms with Crippen LogP contribution in [0.1, 0.15) is 19.3 Å². The van der Waals surface area contributed by atoms with Crippen molar-refractivity contribution in [3.63, 3.8) is 0 Å². The molecule has 1 atom stereocenters. The SMILES string of the molecule is CSC1(CNC(=O)N2CCOCC2C(=O)O)CCC1. The third kappa shape index (κ3) is 3.14.